The lowest BCUT2D eigenvalue weighted by molar-refractivity contribution is -0.141. The Labute approximate surface area is 125 Å². The van der Waals surface area contributed by atoms with Crippen molar-refractivity contribution in [2.45, 2.75) is 45.6 Å². The highest BCUT2D eigenvalue weighted by Crippen LogP contribution is 2.17. The number of rotatable bonds is 7. The zero-order valence-corrected chi connectivity index (χ0v) is 13.2. The Morgan fingerprint density at radius 1 is 1.45 bits per heavy atom. The summed E-state index contributed by atoms with van der Waals surface area (Å²) in [6.45, 7) is 5.45. The third kappa shape index (κ3) is 5.23. The summed E-state index contributed by atoms with van der Waals surface area (Å²) in [5, 5.41) is 12.1. The summed E-state index contributed by atoms with van der Waals surface area (Å²) >= 11 is 1.59. The molecule has 0 aliphatic carbocycles. The number of aliphatic carboxylic acids is 1. The minimum atomic E-state index is -0.912. The van der Waals surface area contributed by atoms with Crippen molar-refractivity contribution in [3.8, 4) is 0 Å². The molecule has 1 saturated heterocycles. The first-order valence-corrected chi connectivity index (χ1v) is 8.60. The minimum absolute atomic E-state index is 0.229. The standard InChI is InChI=1S/C14H26N2O3S/c1-3-5-6-11(4-2)9-15-14(19)16-7-8-20-10-12(16)13(17)18/h11-12H,3-10H2,1-2H3,(H,15,19)(H,17,18). The fraction of sp³-hybridized carbons (Fsp3) is 0.857. The maximum atomic E-state index is 12.1. The van der Waals surface area contributed by atoms with Crippen LogP contribution in [0.15, 0.2) is 0 Å². The molecular weight excluding hydrogens is 276 g/mol. The number of hydrogen-bond acceptors (Lipinski definition) is 3. The van der Waals surface area contributed by atoms with E-state index in [-0.39, 0.29) is 6.03 Å². The van der Waals surface area contributed by atoms with Gasteiger partial charge in [-0.25, -0.2) is 9.59 Å². The molecule has 2 unspecified atom stereocenters. The first-order valence-electron chi connectivity index (χ1n) is 7.45. The van der Waals surface area contributed by atoms with Gasteiger partial charge in [-0.2, -0.15) is 11.8 Å². The van der Waals surface area contributed by atoms with Crippen LogP contribution < -0.4 is 5.32 Å². The molecule has 2 atom stereocenters. The number of carboxylic acid groups (broad SMARTS) is 1. The number of unbranched alkanes of at least 4 members (excludes halogenated alkanes) is 1. The van der Waals surface area contributed by atoms with Crippen LogP contribution in [0.3, 0.4) is 0 Å². The van der Waals surface area contributed by atoms with Crippen LogP contribution in [0.25, 0.3) is 0 Å². The third-order valence-corrected chi connectivity index (χ3v) is 4.78. The average Bonchev–Trinajstić information content (AvgIpc) is 2.47. The summed E-state index contributed by atoms with van der Waals surface area (Å²) in [5.41, 5.74) is 0. The van der Waals surface area contributed by atoms with Crippen LogP contribution in [0.5, 0.6) is 0 Å². The van der Waals surface area contributed by atoms with Crippen LogP contribution in [0.2, 0.25) is 0 Å². The van der Waals surface area contributed by atoms with Crippen molar-refractivity contribution in [3.05, 3.63) is 0 Å². The molecule has 0 radical (unpaired) electrons. The summed E-state index contributed by atoms with van der Waals surface area (Å²) in [6, 6.07) is -0.919. The molecule has 1 aliphatic heterocycles. The monoisotopic (exact) mass is 302 g/mol. The molecule has 5 nitrogen and oxygen atoms in total. The quantitative estimate of drug-likeness (QED) is 0.758. The number of amides is 2. The van der Waals surface area contributed by atoms with Gasteiger partial charge in [-0.05, 0) is 12.3 Å². The molecule has 0 bridgehead atoms. The summed E-state index contributed by atoms with van der Waals surface area (Å²) in [5.74, 6) is 0.867. The van der Waals surface area contributed by atoms with Gasteiger partial charge < -0.3 is 15.3 Å². The van der Waals surface area contributed by atoms with Crippen LogP contribution in [0, 0.1) is 5.92 Å². The molecule has 2 N–H and O–H groups in total. The second-order valence-electron chi connectivity index (χ2n) is 5.22. The number of carboxylic acids is 1. The van der Waals surface area contributed by atoms with Crippen LogP contribution in [-0.2, 0) is 4.79 Å². The number of carbonyl (C=O) groups is 2. The van der Waals surface area contributed by atoms with E-state index in [1.54, 1.807) is 11.8 Å². The SMILES string of the molecule is CCCCC(CC)CNC(=O)N1CCSCC1C(=O)O. The summed E-state index contributed by atoms with van der Waals surface area (Å²) in [4.78, 5) is 24.8. The zero-order valence-electron chi connectivity index (χ0n) is 12.4. The minimum Gasteiger partial charge on any atom is -0.480 e. The van der Waals surface area contributed by atoms with Crippen LogP contribution in [0.1, 0.15) is 39.5 Å². The van der Waals surface area contributed by atoms with Crippen LogP contribution in [-0.4, -0.2) is 52.6 Å². The Hall–Kier alpha value is -0.910. The molecule has 1 fully saturated rings. The molecule has 6 heteroatoms. The molecule has 0 aromatic carbocycles. The van der Waals surface area contributed by atoms with E-state index in [2.05, 4.69) is 19.2 Å². The van der Waals surface area contributed by atoms with Gasteiger partial charge in [0.1, 0.15) is 6.04 Å². The first kappa shape index (κ1) is 17.1. The number of hydrogen-bond donors (Lipinski definition) is 2. The lowest BCUT2D eigenvalue weighted by atomic mass is 9.99. The molecule has 1 rings (SSSR count). The van der Waals surface area contributed by atoms with Crippen molar-refractivity contribution in [2.24, 2.45) is 5.92 Å². The first-order chi connectivity index (χ1) is 9.60. The molecule has 2 amide bonds. The molecule has 0 aromatic rings. The van der Waals surface area contributed by atoms with E-state index in [1.807, 2.05) is 0 Å². The van der Waals surface area contributed by atoms with E-state index in [0.717, 1.165) is 25.0 Å². The summed E-state index contributed by atoms with van der Waals surface area (Å²) in [7, 11) is 0. The number of nitrogens with one attached hydrogen (secondary N) is 1. The van der Waals surface area contributed by atoms with Gasteiger partial charge >= 0.3 is 12.0 Å². The van der Waals surface area contributed by atoms with Crippen molar-refractivity contribution >= 4 is 23.8 Å². The number of nitrogens with zero attached hydrogens (tertiary/aromatic N) is 1. The highest BCUT2D eigenvalue weighted by molar-refractivity contribution is 7.99. The molecule has 0 spiro atoms. The van der Waals surface area contributed by atoms with Gasteiger partial charge in [0.2, 0.25) is 0 Å². The van der Waals surface area contributed by atoms with Crippen LogP contribution in [0.4, 0.5) is 4.79 Å². The van der Waals surface area contributed by atoms with Gasteiger partial charge in [-0.15, -0.1) is 0 Å². The molecule has 1 heterocycles. The Morgan fingerprint density at radius 3 is 2.80 bits per heavy atom. The van der Waals surface area contributed by atoms with Gasteiger partial charge in [0.15, 0.2) is 0 Å². The van der Waals surface area contributed by atoms with E-state index in [0.29, 0.717) is 24.8 Å². The average molecular weight is 302 g/mol. The van der Waals surface area contributed by atoms with Gasteiger partial charge in [0.05, 0.1) is 0 Å². The fourth-order valence-electron chi connectivity index (χ4n) is 2.33. The zero-order chi connectivity index (χ0) is 15.0. The second kappa shape index (κ2) is 9.10. The molecule has 0 aromatic heterocycles. The van der Waals surface area contributed by atoms with Crippen molar-refractivity contribution < 1.29 is 14.7 Å². The van der Waals surface area contributed by atoms with E-state index in [9.17, 15) is 9.59 Å². The maximum absolute atomic E-state index is 12.1. The van der Waals surface area contributed by atoms with E-state index in [1.165, 1.54) is 11.3 Å². The lowest BCUT2D eigenvalue weighted by Crippen LogP contribution is -2.54. The van der Waals surface area contributed by atoms with Gasteiger partial charge in [0, 0.05) is 24.6 Å². The summed E-state index contributed by atoms with van der Waals surface area (Å²) < 4.78 is 0. The van der Waals surface area contributed by atoms with Crippen molar-refractivity contribution in [1.29, 1.82) is 0 Å². The number of thioether (sulfide) groups is 1. The number of carbonyl (C=O) groups excluding carboxylic acids is 1. The third-order valence-electron chi connectivity index (χ3n) is 3.76. The topological polar surface area (TPSA) is 69.6 Å². The highest BCUT2D eigenvalue weighted by Gasteiger charge is 2.32. The van der Waals surface area contributed by atoms with E-state index in [4.69, 9.17) is 5.11 Å². The predicted molar refractivity (Wildman–Crippen MR) is 82.2 cm³/mol. The van der Waals surface area contributed by atoms with E-state index >= 15 is 0 Å². The normalized spacial score (nSPS) is 20.5. The smallest absolute Gasteiger partial charge is 0.327 e. The highest BCUT2D eigenvalue weighted by atomic mass is 32.2. The summed E-state index contributed by atoms with van der Waals surface area (Å²) in [6.07, 6.45) is 4.49. The molecular formula is C14H26N2O3S. The molecule has 0 saturated carbocycles. The molecule has 116 valence electrons. The predicted octanol–water partition coefficient (Wildman–Crippen LogP) is 2.41. The lowest BCUT2D eigenvalue weighted by Gasteiger charge is -2.33. The molecule has 20 heavy (non-hydrogen) atoms. The molecule has 1 aliphatic rings. The second-order valence-corrected chi connectivity index (χ2v) is 6.37. The van der Waals surface area contributed by atoms with Gasteiger partial charge in [-0.3, -0.25) is 0 Å². The number of urea groups is 1. The van der Waals surface area contributed by atoms with Crippen molar-refractivity contribution in [1.82, 2.24) is 10.2 Å². The van der Waals surface area contributed by atoms with Gasteiger partial charge in [-0.1, -0.05) is 33.1 Å². The fourth-order valence-corrected chi connectivity index (χ4v) is 3.37. The Morgan fingerprint density at radius 2 is 2.20 bits per heavy atom. The largest absolute Gasteiger partial charge is 0.480 e. The Bertz CT molecular complexity index is 326. The van der Waals surface area contributed by atoms with Gasteiger partial charge in [0.25, 0.3) is 0 Å². The Balaban J connectivity index is 2.45. The van der Waals surface area contributed by atoms with Crippen LogP contribution >= 0.6 is 11.8 Å². The maximum Gasteiger partial charge on any atom is 0.327 e. The van der Waals surface area contributed by atoms with E-state index < -0.39 is 12.0 Å². The van der Waals surface area contributed by atoms with Crippen molar-refractivity contribution in [2.75, 3.05) is 24.6 Å². The van der Waals surface area contributed by atoms with Crippen molar-refractivity contribution in [3.63, 3.8) is 0 Å². The Kier molecular flexibility index (Phi) is 7.80.